The van der Waals surface area contributed by atoms with Crippen LogP contribution >= 0.6 is 35.3 Å². The number of hydrogen-bond acceptors (Lipinski definition) is 7. The van der Waals surface area contributed by atoms with Gasteiger partial charge in [-0.1, -0.05) is 0 Å². The van der Waals surface area contributed by atoms with Crippen molar-refractivity contribution in [2.75, 3.05) is 39.3 Å². The monoisotopic (exact) mass is 508 g/mol. The zero-order valence-corrected chi connectivity index (χ0v) is 19.7. The van der Waals surface area contributed by atoms with Crippen molar-refractivity contribution in [3.8, 4) is 0 Å². The number of aryl methyl sites for hydroxylation is 1. The van der Waals surface area contributed by atoms with Crippen LogP contribution in [0.15, 0.2) is 10.4 Å². The molecule has 2 heterocycles. The molecule has 0 spiro atoms. The van der Waals surface area contributed by atoms with Crippen LogP contribution in [0.3, 0.4) is 0 Å². The lowest BCUT2D eigenvalue weighted by Crippen LogP contribution is -2.38. The van der Waals surface area contributed by atoms with Gasteiger partial charge in [-0.2, -0.15) is 0 Å². The SMILES string of the molecule is COCCCNC(=NCc1csc(N(C)C)n1)NCc1nnc(C)n1C.I. The number of nitrogens with zero attached hydrogens (tertiary/aromatic N) is 6. The van der Waals surface area contributed by atoms with Gasteiger partial charge >= 0.3 is 0 Å². The summed E-state index contributed by atoms with van der Waals surface area (Å²) in [5, 5.41) is 17.9. The molecule has 0 aliphatic rings. The average Bonchev–Trinajstić information content (AvgIpc) is 3.22. The van der Waals surface area contributed by atoms with Crippen molar-refractivity contribution in [2.24, 2.45) is 12.0 Å². The van der Waals surface area contributed by atoms with E-state index >= 15 is 0 Å². The number of halogens is 1. The number of rotatable bonds is 9. The van der Waals surface area contributed by atoms with Crippen molar-refractivity contribution in [2.45, 2.75) is 26.4 Å². The van der Waals surface area contributed by atoms with Gasteiger partial charge in [0.25, 0.3) is 0 Å². The van der Waals surface area contributed by atoms with Gasteiger partial charge in [0.15, 0.2) is 16.9 Å². The second-order valence-electron chi connectivity index (χ2n) is 6.03. The van der Waals surface area contributed by atoms with Crippen molar-refractivity contribution >= 4 is 46.4 Å². The molecule has 0 atom stereocenters. The molecule has 2 aromatic rings. The molecule has 0 aliphatic heterocycles. The summed E-state index contributed by atoms with van der Waals surface area (Å²) in [4.78, 5) is 11.2. The van der Waals surface area contributed by atoms with Crippen molar-refractivity contribution in [1.29, 1.82) is 0 Å². The lowest BCUT2D eigenvalue weighted by molar-refractivity contribution is 0.195. The molecule has 2 rings (SSSR count). The summed E-state index contributed by atoms with van der Waals surface area (Å²) in [6, 6.07) is 0. The number of aliphatic imine (C=N–C) groups is 1. The van der Waals surface area contributed by atoms with Gasteiger partial charge in [0, 0.05) is 46.8 Å². The van der Waals surface area contributed by atoms with Crippen LogP contribution in [0.2, 0.25) is 0 Å². The summed E-state index contributed by atoms with van der Waals surface area (Å²) in [6.45, 7) is 4.48. The Bertz CT molecular complexity index is 715. The number of anilines is 1. The first-order valence-corrected chi connectivity index (χ1v) is 9.37. The Morgan fingerprint density at radius 2 is 2.11 bits per heavy atom. The fraction of sp³-hybridized carbons (Fsp3) is 0.625. The fourth-order valence-electron chi connectivity index (χ4n) is 2.10. The normalized spacial score (nSPS) is 11.2. The van der Waals surface area contributed by atoms with Crippen molar-refractivity contribution in [3.05, 3.63) is 22.7 Å². The zero-order valence-electron chi connectivity index (χ0n) is 16.5. The Hall–Kier alpha value is -1.47. The van der Waals surface area contributed by atoms with Gasteiger partial charge in [-0.25, -0.2) is 9.98 Å². The first-order chi connectivity index (χ1) is 12.5. The maximum absolute atomic E-state index is 5.09. The van der Waals surface area contributed by atoms with E-state index in [9.17, 15) is 0 Å². The molecule has 0 aliphatic carbocycles. The number of ether oxygens (including phenoxy) is 1. The minimum atomic E-state index is 0. The zero-order chi connectivity index (χ0) is 18.9. The lowest BCUT2D eigenvalue weighted by Gasteiger charge is -2.12. The van der Waals surface area contributed by atoms with E-state index < -0.39 is 0 Å². The number of hydrogen-bond donors (Lipinski definition) is 2. The molecule has 9 nitrogen and oxygen atoms in total. The maximum Gasteiger partial charge on any atom is 0.192 e. The number of nitrogens with one attached hydrogen (secondary N) is 2. The third-order valence-corrected chi connectivity index (χ3v) is 4.79. The molecule has 0 amide bonds. The molecule has 11 heteroatoms. The Morgan fingerprint density at radius 1 is 1.33 bits per heavy atom. The summed E-state index contributed by atoms with van der Waals surface area (Å²) in [5.74, 6) is 2.46. The highest BCUT2D eigenvalue weighted by atomic mass is 127. The smallest absolute Gasteiger partial charge is 0.192 e. The molecule has 27 heavy (non-hydrogen) atoms. The molecule has 0 saturated carbocycles. The van der Waals surface area contributed by atoms with Crippen LogP contribution in [0, 0.1) is 6.92 Å². The fourth-order valence-corrected chi connectivity index (χ4v) is 2.85. The van der Waals surface area contributed by atoms with Gasteiger partial charge in [0.2, 0.25) is 0 Å². The summed E-state index contributed by atoms with van der Waals surface area (Å²) >= 11 is 1.62. The van der Waals surface area contributed by atoms with E-state index in [0.717, 1.165) is 41.4 Å². The summed E-state index contributed by atoms with van der Waals surface area (Å²) < 4.78 is 7.05. The maximum atomic E-state index is 5.09. The molecule has 0 aromatic carbocycles. The van der Waals surface area contributed by atoms with Gasteiger partial charge in [-0.05, 0) is 13.3 Å². The molecular weight excluding hydrogens is 479 g/mol. The number of methoxy groups -OCH3 is 1. The lowest BCUT2D eigenvalue weighted by atomic mass is 10.4. The number of aromatic nitrogens is 4. The first kappa shape index (κ1) is 23.6. The molecule has 0 saturated heterocycles. The highest BCUT2D eigenvalue weighted by molar-refractivity contribution is 14.0. The second kappa shape index (κ2) is 12.1. The molecule has 152 valence electrons. The minimum Gasteiger partial charge on any atom is -0.385 e. The second-order valence-corrected chi connectivity index (χ2v) is 6.87. The van der Waals surface area contributed by atoms with Gasteiger partial charge in [-0.3, -0.25) is 0 Å². The molecule has 0 fully saturated rings. The Balaban J connectivity index is 0.00000364. The minimum absolute atomic E-state index is 0. The van der Waals surface area contributed by atoms with Crippen LogP contribution in [0.4, 0.5) is 5.13 Å². The van der Waals surface area contributed by atoms with Gasteiger partial charge in [0.1, 0.15) is 5.82 Å². The Labute approximate surface area is 181 Å². The Kier molecular flexibility index (Phi) is 10.5. The van der Waals surface area contributed by atoms with Crippen molar-refractivity contribution in [1.82, 2.24) is 30.4 Å². The largest absolute Gasteiger partial charge is 0.385 e. The molecule has 2 aromatic heterocycles. The van der Waals surface area contributed by atoms with E-state index in [-0.39, 0.29) is 24.0 Å². The van der Waals surface area contributed by atoms with Crippen molar-refractivity contribution in [3.63, 3.8) is 0 Å². The highest BCUT2D eigenvalue weighted by Crippen LogP contribution is 2.18. The van der Waals surface area contributed by atoms with Crippen LogP contribution in [0.5, 0.6) is 0 Å². The molecule has 2 N–H and O–H groups in total. The topological polar surface area (TPSA) is 92.5 Å². The highest BCUT2D eigenvalue weighted by Gasteiger charge is 2.07. The molecule has 0 unspecified atom stereocenters. The van der Waals surface area contributed by atoms with Crippen LogP contribution < -0.4 is 15.5 Å². The van der Waals surface area contributed by atoms with Crippen molar-refractivity contribution < 1.29 is 4.74 Å². The van der Waals surface area contributed by atoms with Crippen LogP contribution in [0.1, 0.15) is 23.8 Å². The third kappa shape index (κ3) is 7.58. The van der Waals surface area contributed by atoms with E-state index in [0.29, 0.717) is 19.7 Å². The van der Waals surface area contributed by atoms with Crippen LogP contribution in [-0.2, 0) is 24.9 Å². The Morgan fingerprint density at radius 3 is 2.70 bits per heavy atom. The summed E-state index contributed by atoms with van der Waals surface area (Å²) in [7, 11) is 7.62. The van der Waals surface area contributed by atoms with Gasteiger partial charge in [-0.15, -0.1) is 45.5 Å². The van der Waals surface area contributed by atoms with Crippen LogP contribution in [0.25, 0.3) is 0 Å². The van der Waals surface area contributed by atoms with E-state index in [1.54, 1.807) is 18.4 Å². The van der Waals surface area contributed by atoms with Gasteiger partial charge in [0.05, 0.1) is 18.8 Å². The first-order valence-electron chi connectivity index (χ1n) is 8.49. The van der Waals surface area contributed by atoms with E-state index in [1.165, 1.54) is 0 Å². The number of guanidine groups is 1. The van der Waals surface area contributed by atoms with E-state index in [4.69, 9.17) is 4.74 Å². The van der Waals surface area contributed by atoms with E-state index in [2.05, 4.69) is 30.8 Å². The molecule has 0 radical (unpaired) electrons. The predicted molar refractivity (Wildman–Crippen MR) is 120 cm³/mol. The molecular formula is C16H29IN8OS. The standard InChI is InChI=1S/C16H28N8OS.HI/c1-12-21-22-14(24(12)4)10-19-15(17-7-6-8-25-5)18-9-13-11-26-16(20-13)23(2)3;/h11H,6-10H2,1-5H3,(H2,17,18,19);1H. The predicted octanol–water partition coefficient (Wildman–Crippen LogP) is 1.54. The number of thiazole rings is 1. The summed E-state index contributed by atoms with van der Waals surface area (Å²) in [5.41, 5.74) is 0.950. The third-order valence-electron chi connectivity index (χ3n) is 3.74. The van der Waals surface area contributed by atoms with Gasteiger partial charge < -0.3 is 24.8 Å². The average molecular weight is 508 g/mol. The van der Waals surface area contributed by atoms with E-state index in [1.807, 2.05) is 42.9 Å². The summed E-state index contributed by atoms with van der Waals surface area (Å²) in [6.07, 6.45) is 0.905. The quantitative estimate of drug-likeness (QED) is 0.230. The van der Waals surface area contributed by atoms with Crippen LogP contribution in [-0.4, -0.2) is 60.1 Å². The molecule has 0 bridgehead atoms.